The summed E-state index contributed by atoms with van der Waals surface area (Å²) in [6, 6.07) is 0. The van der Waals surface area contributed by atoms with E-state index in [1.165, 1.54) is 0 Å². The minimum atomic E-state index is -2.76. The third kappa shape index (κ3) is 2.31. The molecule has 0 atom stereocenters. The number of halogens is 3. The summed E-state index contributed by atoms with van der Waals surface area (Å²) in [4.78, 5) is 0. The third-order valence-electron chi connectivity index (χ3n) is 2.27. The van der Waals surface area contributed by atoms with Gasteiger partial charge in [-0.05, 0) is 36.4 Å². The molecule has 92 valence electrons. The van der Waals surface area contributed by atoms with Gasteiger partial charge in [0.25, 0.3) is 5.89 Å². The molecular weight excluding hydrogens is 345 g/mol. The molecule has 5 nitrogen and oxygen atoms in total. The maximum absolute atomic E-state index is 12.4. The fourth-order valence-electron chi connectivity index (χ4n) is 1.27. The number of aromatic nitrogens is 4. The molecule has 0 N–H and O–H groups in total. The van der Waals surface area contributed by atoms with Gasteiger partial charge in [0.15, 0.2) is 0 Å². The maximum Gasteiger partial charge on any atom is 0.314 e. The molecule has 0 bridgehead atoms. The zero-order valence-electron chi connectivity index (χ0n) is 9.06. The van der Waals surface area contributed by atoms with Crippen molar-refractivity contribution < 1.29 is 13.2 Å². The van der Waals surface area contributed by atoms with Crippen LogP contribution in [0.3, 0.4) is 0 Å². The van der Waals surface area contributed by atoms with Crippen LogP contribution >= 0.6 is 22.6 Å². The first kappa shape index (κ1) is 12.4. The Labute approximate surface area is 109 Å². The van der Waals surface area contributed by atoms with Crippen molar-refractivity contribution in [1.82, 2.24) is 20.0 Å². The Hall–Kier alpha value is -1.06. The van der Waals surface area contributed by atoms with Gasteiger partial charge in [-0.3, -0.25) is 4.68 Å². The van der Waals surface area contributed by atoms with E-state index in [1.807, 2.05) is 0 Å². The molecule has 0 aliphatic heterocycles. The minimum Gasteiger partial charge on any atom is -0.417 e. The zero-order valence-corrected chi connectivity index (χ0v) is 11.2. The molecule has 2 aromatic heterocycles. The molecule has 0 unspecified atom stereocenters. The standard InChI is InChI=1S/C9H9F2IN4O/c1-9(2,16-4-5(12)3-13-16)8-15-14-7(17-8)6(10)11/h3-4,6H,1-2H3. The molecule has 0 fully saturated rings. The summed E-state index contributed by atoms with van der Waals surface area (Å²) in [5.41, 5.74) is -0.760. The number of hydrogen-bond donors (Lipinski definition) is 0. The van der Waals surface area contributed by atoms with Gasteiger partial charge in [0, 0.05) is 6.20 Å². The molecule has 0 aromatic carbocycles. The minimum absolute atomic E-state index is 0.104. The van der Waals surface area contributed by atoms with Crippen LogP contribution in [0.2, 0.25) is 0 Å². The lowest BCUT2D eigenvalue weighted by Crippen LogP contribution is -2.28. The van der Waals surface area contributed by atoms with Crippen LogP contribution in [0.15, 0.2) is 16.8 Å². The number of nitrogens with zero attached hydrogens (tertiary/aromatic N) is 4. The van der Waals surface area contributed by atoms with Gasteiger partial charge < -0.3 is 4.42 Å². The molecule has 0 aliphatic rings. The Balaban J connectivity index is 2.37. The Kier molecular flexibility index (Phi) is 3.15. The summed E-state index contributed by atoms with van der Waals surface area (Å²) in [6.45, 7) is 3.53. The van der Waals surface area contributed by atoms with Crippen molar-refractivity contribution in [2.75, 3.05) is 0 Å². The lowest BCUT2D eigenvalue weighted by molar-refractivity contribution is 0.109. The van der Waals surface area contributed by atoms with E-state index in [1.54, 1.807) is 30.9 Å². The Bertz CT molecular complexity index is 523. The fraction of sp³-hybridized carbons (Fsp3) is 0.444. The van der Waals surface area contributed by atoms with Gasteiger partial charge in [-0.1, -0.05) is 0 Å². The first-order valence-corrected chi connectivity index (χ1v) is 5.82. The van der Waals surface area contributed by atoms with Gasteiger partial charge in [0.1, 0.15) is 5.54 Å². The average Bonchev–Trinajstić information content (AvgIpc) is 2.85. The summed E-state index contributed by atoms with van der Waals surface area (Å²) in [5, 5.41) is 11.1. The van der Waals surface area contributed by atoms with Gasteiger partial charge in [-0.15, -0.1) is 10.2 Å². The van der Waals surface area contributed by atoms with Crippen LogP contribution in [0.1, 0.15) is 32.1 Å². The van der Waals surface area contributed by atoms with Crippen LogP contribution in [0, 0.1) is 3.57 Å². The first-order valence-electron chi connectivity index (χ1n) is 4.74. The summed E-state index contributed by atoms with van der Waals surface area (Å²) in [5.74, 6) is -0.567. The van der Waals surface area contributed by atoms with Crippen LogP contribution < -0.4 is 0 Å². The van der Waals surface area contributed by atoms with E-state index >= 15 is 0 Å². The zero-order chi connectivity index (χ0) is 12.6. The first-order chi connectivity index (χ1) is 7.91. The number of rotatable bonds is 3. The second kappa shape index (κ2) is 4.31. The van der Waals surface area contributed by atoms with Crippen molar-refractivity contribution in [3.8, 4) is 0 Å². The molecule has 8 heteroatoms. The van der Waals surface area contributed by atoms with E-state index in [0.29, 0.717) is 0 Å². The van der Waals surface area contributed by atoms with Crippen LogP contribution in [0.4, 0.5) is 8.78 Å². The summed E-state index contributed by atoms with van der Waals surface area (Å²) >= 11 is 2.11. The molecule has 0 saturated heterocycles. The van der Waals surface area contributed by atoms with Crippen molar-refractivity contribution in [2.24, 2.45) is 0 Å². The monoisotopic (exact) mass is 354 g/mol. The lowest BCUT2D eigenvalue weighted by Gasteiger charge is -2.20. The Morgan fingerprint density at radius 1 is 1.41 bits per heavy atom. The molecule has 0 spiro atoms. The highest BCUT2D eigenvalue weighted by atomic mass is 127. The lowest BCUT2D eigenvalue weighted by atomic mass is 10.1. The van der Waals surface area contributed by atoms with E-state index in [0.717, 1.165) is 3.57 Å². The van der Waals surface area contributed by atoms with E-state index in [2.05, 4.69) is 37.9 Å². The summed E-state index contributed by atoms with van der Waals surface area (Å²) in [7, 11) is 0. The number of hydrogen-bond acceptors (Lipinski definition) is 4. The average molecular weight is 354 g/mol. The molecule has 2 rings (SSSR count). The second-order valence-electron chi connectivity index (χ2n) is 3.91. The normalized spacial score (nSPS) is 12.4. The highest BCUT2D eigenvalue weighted by molar-refractivity contribution is 14.1. The van der Waals surface area contributed by atoms with Crippen LogP contribution in [0.5, 0.6) is 0 Å². The van der Waals surface area contributed by atoms with E-state index in [-0.39, 0.29) is 5.89 Å². The Morgan fingerprint density at radius 2 is 2.12 bits per heavy atom. The number of alkyl halides is 2. The van der Waals surface area contributed by atoms with E-state index in [4.69, 9.17) is 4.42 Å². The van der Waals surface area contributed by atoms with Gasteiger partial charge in [0.05, 0.1) is 9.77 Å². The SMILES string of the molecule is CC(C)(c1nnc(C(F)F)o1)n1cc(I)cn1. The van der Waals surface area contributed by atoms with E-state index in [9.17, 15) is 8.78 Å². The van der Waals surface area contributed by atoms with Crippen LogP contribution in [-0.4, -0.2) is 20.0 Å². The van der Waals surface area contributed by atoms with Crippen molar-refractivity contribution in [1.29, 1.82) is 0 Å². The largest absolute Gasteiger partial charge is 0.417 e. The molecule has 0 aliphatic carbocycles. The quantitative estimate of drug-likeness (QED) is 0.796. The highest BCUT2D eigenvalue weighted by Gasteiger charge is 2.31. The predicted molar refractivity (Wildman–Crippen MR) is 62.6 cm³/mol. The van der Waals surface area contributed by atoms with Crippen molar-refractivity contribution in [3.63, 3.8) is 0 Å². The smallest absolute Gasteiger partial charge is 0.314 e. The summed E-state index contributed by atoms with van der Waals surface area (Å²) < 4.78 is 32.2. The van der Waals surface area contributed by atoms with E-state index < -0.39 is 17.9 Å². The van der Waals surface area contributed by atoms with Crippen molar-refractivity contribution in [2.45, 2.75) is 25.8 Å². The predicted octanol–water partition coefficient (Wildman–Crippen LogP) is 2.59. The molecule has 0 saturated carbocycles. The fourth-order valence-corrected chi connectivity index (χ4v) is 1.66. The Morgan fingerprint density at radius 3 is 2.59 bits per heavy atom. The van der Waals surface area contributed by atoms with Gasteiger partial charge >= 0.3 is 6.43 Å². The van der Waals surface area contributed by atoms with Gasteiger partial charge in [-0.25, -0.2) is 0 Å². The second-order valence-corrected chi connectivity index (χ2v) is 5.15. The maximum atomic E-state index is 12.4. The van der Waals surface area contributed by atoms with Crippen LogP contribution in [0.25, 0.3) is 0 Å². The van der Waals surface area contributed by atoms with Crippen molar-refractivity contribution >= 4 is 22.6 Å². The van der Waals surface area contributed by atoms with Crippen molar-refractivity contribution in [3.05, 3.63) is 27.7 Å². The molecule has 0 amide bonds. The van der Waals surface area contributed by atoms with Gasteiger partial charge in [-0.2, -0.15) is 13.9 Å². The molecular formula is C9H9F2IN4O. The molecule has 0 radical (unpaired) electrons. The molecule has 17 heavy (non-hydrogen) atoms. The third-order valence-corrected chi connectivity index (χ3v) is 2.83. The molecule has 2 aromatic rings. The topological polar surface area (TPSA) is 56.7 Å². The highest BCUT2D eigenvalue weighted by Crippen LogP contribution is 2.26. The van der Waals surface area contributed by atoms with Crippen LogP contribution in [-0.2, 0) is 5.54 Å². The molecule has 2 heterocycles. The van der Waals surface area contributed by atoms with Gasteiger partial charge in [0.2, 0.25) is 5.89 Å². The summed E-state index contributed by atoms with van der Waals surface area (Å²) in [6.07, 6.45) is 0.671.